The average molecular weight is 458 g/mol. The molecule has 0 fully saturated rings. The number of carbonyl (C=O) groups is 2. The number of fused-ring (bicyclic) bond motifs is 1. The summed E-state index contributed by atoms with van der Waals surface area (Å²) in [7, 11) is 1.65. The van der Waals surface area contributed by atoms with Crippen LogP contribution in [0.5, 0.6) is 5.75 Å². The molecule has 0 saturated carbocycles. The summed E-state index contributed by atoms with van der Waals surface area (Å²) in [6.07, 6.45) is 3.09. The van der Waals surface area contributed by atoms with Crippen molar-refractivity contribution in [3.05, 3.63) is 89.4 Å². The van der Waals surface area contributed by atoms with Gasteiger partial charge in [-0.25, -0.2) is 4.98 Å². The zero-order valence-electron chi connectivity index (χ0n) is 18.3. The minimum atomic E-state index is -0.217. The molecule has 1 aromatic heterocycles. The van der Waals surface area contributed by atoms with Gasteiger partial charge < -0.3 is 10.1 Å². The summed E-state index contributed by atoms with van der Waals surface area (Å²) in [6.45, 7) is 1.92. The Morgan fingerprint density at radius 2 is 1.82 bits per heavy atom. The molecule has 0 aliphatic carbocycles. The maximum atomic E-state index is 12.3. The van der Waals surface area contributed by atoms with Crippen LogP contribution in [0, 0.1) is 0 Å². The molecule has 0 bridgehead atoms. The van der Waals surface area contributed by atoms with Crippen LogP contribution in [-0.4, -0.2) is 23.9 Å². The predicted molar refractivity (Wildman–Crippen MR) is 133 cm³/mol. The van der Waals surface area contributed by atoms with Crippen molar-refractivity contribution in [2.24, 2.45) is 0 Å². The summed E-state index contributed by atoms with van der Waals surface area (Å²) in [4.78, 5) is 30.5. The molecule has 4 rings (SSSR count). The van der Waals surface area contributed by atoms with Crippen LogP contribution in [0.4, 0.5) is 10.8 Å². The van der Waals surface area contributed by atoms with Crippen LogP contribution in [-0.2, 0) is 16.1 Å². The Bertz CT molecular complexity index is 1310. The summed E-state index contributed by atoms with van der Waals surface area (Å²) >= 11 is 1.35. The first kappa shape index (κ1) is 22.2. The van der Waals surface area contributed by atoms with Crippen molar-refractivity contribution >= 4 is 50.8 Å². The molecule has 33 heavy (non-hydrogen) atoms. The van der Waals surface area contributed by atoms with Gasteiger partial charge in [-0.05, 0) is 52.7 Å². The van der Waals surface area contributed by atoms with Crippen LogP contribution in [0.1, 0.15) is 18.2 Å². The smallest absolute Gasteiger partial charge is 0.244 e. The standard InChI is InChI=1S/C26H23N3O3S/c1-18(30)29(23-6-4-3-5-7-23)26-28-22(17-33-26)11-13-25(31)27-16-19-8-9-21-15-24(32-2)12-10-20(21)14-19/h3-15,17H,16H2,1-2H3,(H,27,31)/b13-11+. The van der Waals surface area contributed by atoms with E-state index < -0.39 is 0 Å². The Morgan fingerprint density at radius 1 is 1.06 bits per heavy atom. The Morgan fingerprint density at radius 3 is 2.58 bits per heavy atom. The first-order valence-electron chi connectivity index (χ1n) is 10.4. The number of carbonyl (C=O) groups excluding carboxylic acids is 2. The van der Waals surface area contributed by atoms with Crippen LogP contribution in [0.15, 0.2) is 78.2 Å². The molecule has 0 spiro atoms. The van der Waals surface area contributed by atoms with Crippen molar-refractivity contribution in [1.82, 2.24) is 10.3 Å². The van der Waals surface area contributed by atoms with Gasteiger partial charge in [0.25, 0.3) is 0 Å². The number of ether oxygens (including phenoxy) is 1. The molecule has 7 heteroatoms. The van der Waals surface area contributed by atoms with Crippen LogP contribution < -0.4 is 15.0 Å². The zero-order chi connectivity index (χ0) is 23.2. The fourth-order valence-electron chi connectivity index (χ4n) is 3.38. The Labute approximate surface area is 196 Å². The number of amides is 2. The summed E-state index contributed by atoms with van der Waals surface area (Å²) < 4.78 is 5.26. The van der Waals surface area contributed by atoms with Crippen LogP contribution in [0.3, 0.4) is 0 Å². The molecule has 0 atom stereocenters. The molecule has 4 aromatic rings. The molecule has 166 valence electrons. The minimum absolute atomic E-state index is 0.127. The van der Waals surface area contributed by atoms with E-state index in [0.717, 1.165) is 27.8 Å². The highest BCUT2D eigenvalue weighted by molar-refractivity contribution is 7.14. The minimum Gasteiger partial charge on any atom is -0.497 e. The van der Waals surface area contributed by atoms with E-state index in [4.69, 9.17) is 4.74 Å². The monoisotopic (exact) mass is 457 g/mol. The summed E-state index contributed by atoms with van der Waals surface area (Å²) in [5.41, 5.74) is 2.37. The summed E-state index contributed by atoms with van der Waals surface area (Å²) in [5, 5.41) is 7.43. The molecule has 0 unspecified atom stereocenters. The Balaban J connectivity index is 1.38. The van der Waals surface area contributed by atoms with E-state index >= 15 is 0 Å². The van der Waals surface area contributed by atoms with Crippen molar-refractivity contribution in [2.45, 2.75) is 13.5 Å². The van der Waals surface area contributed by atoms with Gasteiger partial charge in [-0.15, -0.1) is 11.3 Å². The molecular weight excluding hydrogens is 434 g/mol. The van der Waals surface area contributed by atoms with Gasteiger partial charge in [0.15, 0.2) is 5.13 Å². The third kappa shape index (κ3) is 5.45. The van der Waals surface area contributed by atoms with Crippen molar-refractivity contribution < 1.29 is 14.3 Å². The molecule has 0 aliphatic rings. The van der Waals surface area contributed by atoms with Gasteiger partial charge in [0.2, 0.25) is 11.8 Å². The number of nitrogens with zero attached hydrogens (tertiary/aromatic N) is 2. The molecule has 0 saturated heterocycles. The van der Waals surface area contributed by atoms with Gasteiger partial charge in [0.1, 0.15) is 5.75 Å². The number of nitrogens with one attached hydrogen (secondary N) is 1. The summed E-state index contributed by atoms with van der Waals surface area (Å²) in [6, 6.07) is 21.3. The highest BCUT2D eigenvalue weighted by Gasteiger charge is 2.17. The van der Waals surface area contributed by atoms with Crippen LogP contribution >= 0.6 is 11.3 Å². The highest BCUT2D eigenvalue weighted by atomic mass is 32.1. The number of aromatic nitrogens is 1. The number of methoxy groups -OCH3 is 1. The lowest BCUT2D eigenvalue weighted by molar-refractivity contribution is -0.117. The molecular formula is C26H23N3O3S. The van der Waals surface area contributed by atoms with Crippen LogP contribution in [0.25, 0.3) is 16.8 Å². The number of benzene rings is 3. The average Bonchev–Trinajstić information content (AvgIpc) is 3.29. The van der Waals surface area contributed by atoms with E-state index in [1.807, 2.05) is 72.1 Å². The van der Waals surface area contributed by atoms with Gasteiger partial charge in [0, 0.05) is 24.9 Å². The fraction of sp³-hybridized carbons (Fsp3) is 0.115. The molecule has 2 amide bonds. The topological polar surface area (TPSA) is 71.5 Å². The fourth-order valence-corrected chi connectivity index (χ4v) is 4.23. The Hall–Kier alpha value is -3.97. The van der Waals surface area contributed by atoms with Crippen LogP contribution in [0.2, 0.25) is 0 Å². The van der Waals surface area contributed by atoms with E-state index in [1.165, 1.54) is 24.3 Å². The van der Waals surface area contributed by atoms with Crippen molar-refractivity contribution in [3.63, 3.8) is 0 Å². The van der Waals surface area contributed by atoms with E-state index in [9.17, 15) is 9.59 Å². The lowest BCUT2D eigenvalue weighted by atomic mass is 10.1. The predicted octanol–water partition coefficient (Wildman–Crippen LogP) is 5.32. The number of thiazole rings is 1. The quantitative estimate of drug-likeness (QED) is 0.381. The highest BCUT2D eigenvalue weighted by Crippen LogP contribution is 2.29. The molecule has 1 N–H and O–H groups in total. The van der Waals surface area contributed by atoms with Gasteiger partial charge in [0.05, 0.1) is 18.5 Å². The van der Waals surface area contributed by atoms with Crippen molar-refractivity contribution in [1.29, 1.82) is 0 Å². The van der Waals surface area contributed by atoms with Gasteiger partial charge in [-0.2, -0.15) is 0 Å². The lowest BCUT2D eigenvalue weighted by Crippen LogP contribution is -2.22. The van der Waals surface area contributed by atoms with E-state index in [1.54, 1.807) is 18.1 Å². The molecule has 1 heterocycles. The zero-order valence-corrected chi connectivity index (χ0v) is 19.1. The first-order chi connectivity index (χ1) is 16.0. The Kier molecular flexibility index (Phi) is 6.80. The second-order valence-corrected chi connectivity index (χ2v) is 8.18. The molecule has 0 aliphatic heterocycles. The maximum absolute atomic E-state index is 12.3. The normalized spacial score (nSPS) is 11.0. The van der Waals surface area contributed by atoms with Crippen molar-refractivity contribution in [2.75, 3.05) is 12.0 Å². The van der Waals surface area contributed by atoms with E-state index in [2.05, 4.69) is 10.3 Å². The molecule has 0 radical (unpaired) electrons. The molecule has 6 nitrogen and oxygen atoms in total. The first-order valence-corrected chi connectivity index (χ1v) is 11.3. The maximum Gasteiger partial charge on any atom is 0.244 e. The largest absolute Gasteiger partial charge is 0.497 e. The molecule has 3 aromatic carbocycles. The van der Waals surface area contributed by atoms with Gasteiger partial charge >= 0.3 is 0 Å². The number of anilines is 2. The van der Waals surface area contributed by atoms with Gasteiger partial charge in [-0.3, -0.25) is 14.5 Å². The van der Waals surface area contributed by atoms with E-state index in [-0.39, 0.29) is 11.8 Å². The van der Waals surface area contributed by atoms with Gasteiger partial charge in [-0.1, -0.05) is 36.4 Å². The lowest BCUT2D eigenvalue weighted by Gasteiger charge is -2.17. The SMILES string of the molecule is COc1ccc2cc(CNC(=O)/C=C/c3csc(N(C(C)=O)c4ccccc4)n3)ccc2c1. The number of hydrogen-bond donors (Lipinski definition) is 1. The van der Waals surface area contributed by atoms with Crippen molar-refractivity contribution in [3.8, 4) is 5.75 Å². The number of para-hydroxylation sites is 1. The third-order valence-corrected chi connectivity index (χ3v) is 5.86. The second-order valence-electron chi connectivity index (χ2n) is 7.34. The second kappa shape index (κ2) is 10.1. The number of rotatable bonds is 7. The summed E-state index contributed by atoms with van der Waals surface area (Å²) in [5.74, 6) is 0.470. The number of hydrogen-bond acceptors (Lipinski definition) is 5. The third-order valence-electron chi connectivity index (χ3n) is 5.01. The van der Waals surface area contributed by atoms with E-state index in [0.29, 0.717) is 17.4 Å².